The highest BCUT2D eigenvalue weighted by atomic mass is 79.9. The standard InChI is InChI=1S/C13H7BrN2O2S/c14-9-3-1-2-4-10(9)18-13(17)11-8-5-6-19-12(8)16-7-15-11/h1-7H. The SMILES string of the molecule is O=C(Oc1ccccc1Br)c1ncnc2sccc12. The molecule has 1 aromatic carbocycles. The predicted octanol–water partition coefficient (Wildman–Crippen LogP) is 3.67. The third kappa shape index (κ3) is 2.36. The summed E-state index contributed by atoms with van der Waals surface area (Å²) in [5.74, 6) is -0.0211. The summed E-state index contributed by atoms with van der Waals surface area (Å²) in [6, 6.07) is 8.99. The van der Waals surface area contributed by atoms with Crippen LogP contribution in [0.2, 0.25) is 0 Å². The zero-order valence-electron chi connectivity index (χ0n) is 9.54. The molecule has 94 valence electrons. The van der Waals surface area contributed by atoms with Crippen molar-refractivity contribution in [2.24, 2.45) is 0 Å². The van der Waals surface area contributed by atoms with E-state index in [1.807, 2.05) is 23.6 Å². The first-order chi connectivity index (χ1) is 9.25. The maximum absolute atomic E-state index is 12.1. The minimum Gasteiger partial charge on any atom is -0.421 e. The molecule has 0 radical (unpaired) electrons. The van der Waals surface area contributed by atoms with Crippen LogP contribution < -0.4 is 4.74 Å². The average Bonchev–Trinajstić information content (AvgIpc) is 2.89. The van der Waals surface area contributed by atoms with Gasteiger partial charge in [-0.25, -0.2) is 14.8 Å². The quantitative estimate of drug-likeness (QED) is 0.530. The fourth-order valence-corrected chi connectivity index (χ4v) is 2.73. The zero-order chi connectivity index (χ0) is 13.2. The van der Waals surface area contributed by atoms with Gasteiger partial charge in [0.25, 0.3) is 0 Å². The number of aromatic nitrogens is 2. The van der Waals surface area contributed by atoms with E-state index in [0.29, 0.717) is 11.1 Å². The molecular formula is C13H7BrN2O2S. The van der Waals surface area contributed by atoms with E-state index in [0.717, 1.165) is 9.30 Å². The summed E-state index contributed by atoms with van der Waals surface area (Å²) in [5, 5.41) is 2.58. The molecule has 0 atom stereocenters. The van der Waals surface area contributed by atoms with E-state index in [-0.39, 0.29) is 5.69 Å². The van der Waals surface area contributed by atoms with Gasteiger partial charge >= 0.3 is 5.97 Å². The molecule has 0 fully saturated rings. The largest absolute Gasteiger partial charge is 0.421 e. The lowest BCUT2D eigenvalue weighted by atomic mass is 10.3. The summed E-state index contributed by atoms with van der Waals surface area (Å²) in [5.41, 5.74) is 0.280. The van der Waals surface area contributed by atoms with Gasteiger partial charge in [-0.3, -0.25) is 0 Å². The number of benzene rings is 1. The van der Waals surface area contributed by atoms with Crippen LogP contribution in [0.25, 0.3) is 10.2 Å². The summed E-state index contributed by atoms with van der Waals surface area (Å²) in [6.07, 6.45) is 1.37. The van der Waals surface area contributed by atoms with Gasteiger partial charge in [-0.2, -0.15) is 0 Å². The van der Waals surface area contributed by atoms with Crippen LogP contribution in [-0.2, 0) is 0 Å². The molecule has 3 aromatic rings. The first kappa shape index (κ1) is 12.3. The third-order valence-corrected chi connectivity index (χ3v) is 3.97. The molecule has 4 nitrogen and oxygen atoms in total. The van der Waals surface area contributed by atoms with Gasteiger partial charge in [0.1, 0.15) is 16.9 Å². The van der Waals surface area contributed by atoms with E-state index in [9.17, 15) is 4.79 Å². The molecule has 2 heterocycles. The Morgan fingerprint density at radius 1 is 1.21 bits per heavy atom. The van der Waals surface area contributed by atoms with Gasteiger partial charge in [0.15, 0.2) is 5.69 Å². The smallest absolute Gasteiger partial charge is 0.363 e. The van der Waals surface area contributed by atoms with Gasteiger partial charge in [-0.1, -0.05) is 12.1 Å². The Morgan fingerprint density at radius 3 is 2.89 bits per heavy atom. The number of nitrogens with zero attached hydrogens (tertiary/aromatic N) is 2. The number of hydrogen-bond donors (Lipinski definition) is 0. The Morgan fingerprint density at radius 2 is 2.05 bits per heavy atom. The van der Waals surface area contributed by atoms with Crippen LogP contribution in [0.5, 0.6) is 5.75 Å². The number of fused-ring (bicyclic) bond motifs is 1. The molecule has 19 heavy (non-hydrogen) atoms. The Labute approximate surface area is 121 Å². The molecule has 2 aromatic heterocycles. The van der Waals surface area contributed by atoms with E-state index < -0.39 is 5.97 Å². The first-order valence-electron chi connectivity index (χ1n) is 5.40. The zero-order valence-corrected chi connectivity index (χ0v) is 11.9. The highest BCUT2D eigenvalue weighted by molar-refractivity contribution is 9.10. The van der Waals surface area contributed by atoms with Crippen LogP contribution in [0.4, 0.5) is 0 Å². The fourth-order valence-electron chi connectivity index (χ4n) is 1.63. The van der Waals surface area contributed by atoms with Crippen molar-refractivity contribution in [2.45, 2.75) is 0 Å². The van der Waals surface area contributed by atoms with Crippen LogP contribution in [0.15, 0.2) is 46.5 Å². The molecule has 0 bridgehead atoms. The lowest BCUT2D eigenvalue weighted by Gasteiger charge is -2.05. The second kappa shape index (κ2) is 5.07. The van der Waals surface area contributed by atoms with E-state index >= 15 is 0 Å². The van der Waals surface area contributed by atoms with Crippen LogP contribution in [0, 0.1) is 0 Å². The van der Waals surface area contributed by atoms with E-state index in [4.69, 9.17) is 4.74 Å². The van der Waals surface area contributed by atoms with Gasteiger partial charge in [0.2, 0.25) is 0 Å². The van der Waals surface area contributed by atoms with Gasteiger partial charge < -0.3 is 4.74 Å². The third-order valence-electron chi connectivity index (χ3n) is 2.49. The number of hydrogen-bond acceptors (Lipinski definition) is 5. The van der Waals surface area contributed by atoms with E-state index in [2.05, 4.69) is 25.9 Å². The molecule has 0 saturated carbocycles. The molecule has 0 aliphatic rings. The number of esters is 1. The molecule has 0 aliphatic carbocycles. The van der Waals surface area contributed by atoms with E-state index in [1.165, 1.54) is 17.7 Å². The molecule has 0 unspecified atom stereocenters. The van der Waals surface area contributed by atoms with Gasteiger partial charge in [0.05, 0.1) is 4.47 Å². The fraction of sp³-hybridized carbons (Fsp3) is 0. The summed E-state index contributed by atoms with van der Waals surface area (Å²) in [6.45, 7) is 0. The molecule has 0 N–H and O–H groups in total. The van der Waals surface area contributed by atoms with Crippen molar-refractivity contribution in [2.75, 3.05) is 0 Å². The molecule has 0 amide bonds. The Bertz CT molecular complexity index is 757. The number of carbonyl (C=O) groups excluding carboxylic acids is 1. The number of halogens is 1. The molecule has 0 aliphatic heterocycles. The topological polar surface area (TPSA) is 52.1 Å². The maximum Gasteiger partial charge on any atom is 0.363 e. The van der Waals surface area contributed by atoms with Crippen molar-refractivity contribution in [3.05, 3.63) is 52.2 Å². The summed E-state index contributed by atoms with van der Waals surface area (Å²) >= 11 is 4.79. The Hall–Kier alpha value is -1.79. The van der Waals surface area contributed by atoms with Crippen LogP contribution in [0.1, 0.15) is 10.5 Å². The van der Waals surface area contributed by atoms with Crippen molar-refractivity contribution in [3.63, 3.8) is 0 Å². The van der Waals surface area contributed by atoms with Gasteiger partial charge in [0, 0.05) is 5.39 Å². The van der Waals surface area contributed by atoms with Crippen LogP contribution in [0.3, 0.4) is 0 Å². The Balaban J connectivity index is 1.97. The molecule has 0 spiro atoms. The molecule has 3 rings (SSSR count). The average molecular weight is 335 g/mol. The minimum atomic E-state index is -0.488. The van der Waals surface area contributed by atoms with Crippen LogP contribution >= 0.6 is 27.3 Å². The summed E-state index contributed by atoms with van der Waals surface area (Å²) in [4.78, 5) is 21.0. The van der Waals surface area contributed by atoms with Crippen molar-refractivity contribution >= 4 is 43.5 Å². The maximum atomic E-state index is 12.1. The van der Waals surface area contributed by atoms with Crippen molar-refractivity contribution < 1.29 is 9.53 Å². The first-order valence-corrected chi connectivity index (χ1v) is 7.08. The highest BCUT2D eigenvalue weighted by Crippen LogP contribution is 2.26. The van der Waals surface area contributed by atoms with Gasteiger partial charge in [-0.05, 0) is 39.5 Å². The number of thiophene rings is 1. The number of para-hydroxylation sites is 1. The second-order valence-corrected chi connectivity index (χ2v) is 5.43. The van der Waals surface area contributed by atoms with Crippen molar-refractivity contribution in [1.29, 1.82) is 0 Å². The molecular weight excluding hydrogens is 328 g/mol. The summed E-state index contributed by atoms with van der Waals surface area (Å²) in [7, 11) is 0. The van der Waals surface area contributed by atoms with E-state index in [1.54, 1.807) is 12.1 Å². The Kier molecular flexibility index (Phi) is 3.27. The lowest BCUT2D eigenvalue weighted by Crippen LogP contribution is -2.11. The summed E-state index contributed by atoms with van der Waals surface area (Å²) < 4.78 is 6.06. The number of rotatable bonds is 2. The predicted molar refractivity (Wildman–Crippen MR) is 76.5 cm³/mol. The molecule has 6 heteroatoms. The lowest BCUT2D eigenvalue weighted by molar-refractivity contribution is 0.0729. The van der Waals surface area contributed by atoms with Crippen LogP contribution in [-0.4, -0.2) is 15.9 Å². The molecule has 0 saturated heterocycles. The van der Waals surface area contributed by atoms with Crippen molar-refractivity contribution in [1.82, 2.24) is 9.97 Å². The number of carbonyl (C=O) groups is 1. The minimum absolute atomic E-state index is 0.280. The number of ether oxygens (including phenoxy) is 1. The normalized spacial score (nSPS) is 10.6. The monoisotopic (exact) mass is 334 g/mol. The van der Waals surface area contributed by atoms with Crippen molar-refractivity contribution in [3.8, 4) is 5.75 Å². The van der Waals surface area contributed by atoms with Gasteiger partial charge in [-0.15, -0.1) is 11.3 Å². The highest BCUT2D eigenvalue weighted by Gasteiger charge is 2.16. The second-order valence-electron chi connectivity index (χ2n) is 3.68.